The molecule has 3 N–H and O–H groups in total. The number of nitrogens with two attached hydrogens (primary N) is 1. The van der Waals surface area contributed by atoms with Gasteiger partial charge in [-0.05, 0) is 13.0 Å². The lowest BCUT2D eigenvalue weighted by atomic mass is 10.2. The predicted octanol–water partition coefficient (Wildman–Crippen LogP) is -0.385. The van der Waals surface area contributed by atoms with Crippen LogP contribution in [-0.4, -0.2) is 16.9 Å². The Morgan fingerprint density at radius 2 is 2.43 bits per heavy atom. The van der Waals surface area contributed by atoms with Crippen LogP contribution < -0.4 is 16.8 Å². The third kappa shape index (κ3) is 2.20. The van der Waals surface area contributed by atoms with Gasteiger partial charge in [0.2, 0.25) is 0 Å². The Morgan fingerprint density at radius 1 is 1.71 bits per heavy atom. The molecule has 0 amide bonds. The standard InChI is InChI=1S/C9H14N4O/c1-3-11-9(12-10)7-4-5-13(2)8(14)6-7/h4-6H,3,10H2,1-2H3,(H,11,12). The number of nitrogens with one attached hydrogen (secondary N) is 1. The molecule has 1 rings (SSSR count). The fourth-order valence-corrected chi connectivity index (χ4v) is 1.07. The Kier molecular flexibility index (Phi) is 3.41. The molecule has 0 saturated heterocycles. The molecule has 0 aliphatic heterocycles. The van der Waals surface area contributed by atoms with Crippen molar-refractivity contribution in [1.82, 2.24) is 9.99 Å². The summed E-state index contributed by atoms with van der Waals surface area (Å²) >= 11 is 0. The molecule has 0 aromatic carbocycles. The first-order chi connectivity index (χ1) is 6.69. The van der Waals surface area contributed by atoms with E-state index in [2.05, 4.69) is 10.4 Å². The van der Waals surface area contributed by atoms with Crippen LogP contribution in [0, 0.1) is 0 Å². The lowest BCUT2D eigenvalue weighted by Gasteiger charge is -2.05. The summed E-state index contributed by atoms with van der Waals surface area (Å²) in [6, 6.07) is 3.28. The highest BCUT2D eigenvalue weighted by Crippen LogP contribution is 1.94. The van der Waals surface area contributed by atoms with Crippen LogP contribution in [-0.2, 0) is 7.05 Å². The summed E-state index contributed by atoms with van der Waals surface area (Å²) in [6.07, 6.45) is 1.68. The number of aliphatic imine (C=N–C) groups is 1. The van der Waals surface area contributed by atoms with Crippen LogP contribution in [0.4, 0.5) is 0 Å². The highest BCUT2D eigenvalue weighted by atomic mass is 16.1. The number of aromatic nitrogens is 1. The van der Waals surface area contributed by atoms with E-state index in [9.17, 15) is 4.79 Å². The lowest BCUT2D eigenvalue weighted by Crippen LogP contribution is -2.32. The second-order valence-electron chi connectivity index (χ2n) is 2.83. The van der Waals surface area contributed by atoms with E-state index in [-0.39, 0.29) is 5.56 Å². The second kappa shape index (κ2) is 4.57. The molecule has 0 saturated carbocycles. The summed E-state index contributed by atoms with van der Waals surface area (Å²) in [5.74, 6) is 5.82. The summed E-state index contributed by atoms with van der Waals surface area (Å²) in [7, 11) is 1.69. The van der Waals surface area contributed by atoms with Crippen molar-refractivity contribution in [3.63, 3.8) is 0 Å². The number of nitrogens with zero attached hydrogens (tertiary/aromatic N) is 2. The maximum atomic E-state index is 11.3. The van der Waals surface area contributed by atoms with Crippen LogP contribution in [0.3, 0.4) is 0 Å². The highest BCUT2D eigenvalue weighted by molar-refractivity contribution is 5.98. The van der Waals surface area contributed by atoms with Crippen LogP contribution in [0.1, 0.15) is 12.5 Å². The van der Waals surface area contributed by atoms with E-state index < -0.39 is 0 Å². The average Bonchev–Trinajstić information content (AvgIpc) is 2.19. The van der Waals surface area contributed by atoms with Crippen LogP contribution in [0.5, 0.6) is 0 Å². The summed E-state index contributed by atoms with van der Waals surface area (Å²) in [4.78, 5) is 15.4. The first kappa shape index (κ1) is 10.5. The quantitative estimate of drug-likeness (QED) is 0.291. The minimum atomic E-state index is -0.0819. The zero-order chi connectivity index (χ0) is 10.6. The molecule has 0 radical (unpaired) electrons. The van der Waals surface area contributed by atoms with Gasteiger partial charge in [-0.3, -0.25) is 9.79 Å². The van der Waals surface area contributed by atoms with Gasteiger partial charge in [-0.2, -0.15) is 0 Å². The van der Waals surface area contributed by atoms with Gasteiger partial charge in [-0.15, -0.1) is 0 Å². The molecule has 0 aliphatic carbocycles. The number of pyridine rings is 1. The predicted molar refractivity (Wildman–Crippen MR) is 56.1 cm³/mol. The third-order valence-corrected chi connectivity index (χ3v) is 1.83. The first-order valence-corrected chi connectivity index (χ1v) is 4.37. The van der Waals surface area contributed by atoms with Crippen molar-refractivity contribution in [2.24, 2.45) is 17.9 Å². The minimum absolute atomic E-state index is 0.0819. The van der Waals surface area contributed by atoms with Gasteiger partial charge in [0.1, 0.15) is 5.84 Å². The second-order valence-corrected chi connectivity index (χ2v) is 2.83. The van der Waals surface area contributed by atoms with Crippen LogP contribution in [0.2, 0.25) is 0 Å². The van der Waals surface area contributed by atoms with E-state index >= 15 is 0 Å². The normalized spacial score (nSPS) is 11.5. The van der Waals surface area contributed by atoms with E-state index in [1.54, 1.807) is 19.3 Å². The largest absolute Gasteiger partial charge is 0.319 e. The third-order valence-electron chi connectivity index (χ3n) is 1.83. The smallest absolute Gasteiger partial charge is 0.250 e. The number of hydrazine groups is 1. The zero-order valence-corrected chi connectivity index (χ0v) is 8.32. The van der Waals surface area contributed by atoms with Crippen LogP contribution in [0.15, 0.2) is 28.1 Å². The van der Waals surface area contributed by atoms with Gasteiger partial charge < -0.3 is 9.99 Å². The Hall–Kier alpha value is -1.62. The van der Waals surface area contributed by atoms with Gasteiger partial charge in [0.25, 0.3) is 5.56 Å². The monoisotopic (exact) mass is 194 g/mol. The molecule has 1 heterocycles. The molecule has 5 nitrogen and oxygen atoms in total. The lowest BCUT2D eigenvalue weighted by molar-refractivity contribution is 0.857. The molecule has 0 aliphatic rings. The summed E-state index contributed by atoms with van der Waals surface area (Å²) in [5, 5.41) is 0. The van der Waals surface area contributed by atoms with Gasteiger partial charge in [0, 0.05) is 31.4 Å². The molecule has 0 bridgehead atoms. The molecule has 14 heavy (non-hydrogen) atoms. The fraction of sp³-hybridized carbons (Fsp3) is 0.333. The van der Waals surface area contributed by atoms with E-state index in [1.807, 2.05) is 6.92 Å². The zero-order valence-electron chi connectivity index (χ0n) is 8.32. The number of rotatable bonds is 2. The number of amidine groups is 1. The molecule has 1 aromatic heterocycles. The Labute approximate surface area is 82.2 Å². The molecule has 0 atom stereocenters. The minimum Gasteiger partial charge on any atom is -0.319 e. The highest BCUT2D eigenvalue weighted by Gasteiger charge is 2.01. The molecule has 0 fully saturated rings. The van der Waals surface area contributed by atoms with Crippen molar-refractivity contribution in [1.29, 1.82) is 0 Å². The van der Waals surface area contributed by atoms with Crippen LogP contribution in [0.25, 0.3) is 0 Å². The van der Waals surface area contributed by atoms with E-state index in [1.165, 1.54) is 10.6 Å². The maximum Gasteiger partial charge on any atom is 0.250 e. The Balaban J connectivity index is 3.13. The molecule has 0 spiro atoms. The molecule has 1 aromatic rings. The maximum absolute atomic E-state index is 11.3. The SMILES string of the molecule is CCN=C(NN)c1ccn(C)c(=O)c1. The molecule has 5 heteroatoms. The topological polar surface area (TPSA) is 72.4 Å². The van der Waals surface area contributed by atoms with Gasteiger partial charge in [-0.25, -0.2) is 5.84 Å². The summed E-state index contributed by atoms with van der Waals surface area (Å²) in [6.45, 7) is 2.52. The van der Waals surface area contributed by atoms with Crippen molar-refractivity contribution in [3.05, 3.63) is 34.2 Å². The van der Waals surface area contributed by atoms with Crippen molar-refractivity contribution in [2.75, 3.05) is 6.54 Å². The van der Waals surface area contributed by atoms with Crippen LogP contribution >= 0.6 is 0 Å². The fourth-order valence-electron chi connectivity index (χ4n) is 1.07. The van der Waals surface area contributed by atoms with Crippen molar-refractivity contribution in [2.45, 2.75) is 6.92 Å². The van der Waals surface area contributed by atoms with Crippen molar-refractivity contribution in [3.8, 4) is 0 Å². The molecular formula is C9H14N4O. The van der Waals surface area contributed by atoms with Gasteiger partial charge in [0.15, 0.2) is 0 Å². The number of hydrogen-bond acceptors (Lipinski definition) is 3. The Morgan fingerprint density at radius 3 is 2.93 bits per heavy atom. The number of hydrogen-bond donors (Lipinski definition) is 2. The van der Waals surface area contributed by atoms with Gasteiger partial charge >= 0.3 is 0 Å². The Bertz CT molecular complexity index is 394. The summed E-state index contributed by atoms with van der Waals surface area (Å²) < 4.78 is 1.49. The van der Waals surface area contributed by atoms with E-state index in [0.717, 1.165) is 0 Å². The van der Waals surface area contributed by atoms with Gasteiger partial charge in [-0.1, -0.05) is 0 Å². The van der Waals surface area contributed by atoms with E-state index in [4.69, 9.17) is 5.84 Å². The molecule has 0 unspecified atom stereocenters. The van der Waals surface area contributed by atoms with Crippen molar-refractivity contribution < 1.29 is 0 Å². The van der Waals surface area contributed by atoms with Crippen molar-refractivity contribution >= 4 is 5.84 Å². The average molecular weight is 194 g/mol. The molecule has 76 valence electrons. The van der Waals surface area contributed by atoms with Gasteiger partial charge in [0.05, 0.1) is 0 Å². The van der Waals surface area contributed by atoms with E-state index in [0.29, 0.717) is 17.9 Å². The molecular weight excluding hydrogens is 180 g/mol. The summed E-state index contributed by atoms with van der Waals surface area (Å²) in [5.41, 5.74) is 3.09. The first-order valence-electron chi connectivity index (χ1n) is 4.37. The number of aryl methyl sites for hydroxylation is 1.